The van der Waals surface area contributed by atoms with Gasteiger partial charge < -0.3 is 9.30 Å². The van der Waals surface area contributed by atoms with Gasteiger partial charge in [0, 0.05) is 18.2 Å². The van der Waals surface area contributed by atoms with Crippen molar-refractivity contribution in [2.45, 2.75) is 24.3 Å². The predicted molar refractivity (Wildman–Crippen MR) is 109 cm³/mol. The molecule has 0 aliphatic rings. The lowest BCUT2D eigenvalue weighted by Gasteiger charge is -2.11. The van der Waals surface area contributed by atoms with E-state index in [0.29, 0.717) is 28.2 Å². The monoisotopic (exact) mass is 401 g/mol. The molecule has 0 aliphatic heterocycles. The molecule has 140 valence electrons. The van der Waals surface area contributed by atoms with Gasteiger partial charge in [-0.2, -0.15) is 0 Å². The molecular formula is C20H20ClN3O2S. The van der Waals surface area contributed by atoms with E-state index in [4.69, 9.17) is 16.3 Å². The van der Waals surface area contributed by atoms with Crippen molar-refractivity contribution in [1.29, 1.82) is 0 Å². The molecule has 0 amide bonds. The van der Waals surface area contributed by atoms with Gasteiger partial charge in [-0.3, -0.25) is 4.79 Å². The van der Waals surface area contributed by atoms with Crippen LogP contribution in [0.3, 0.4) is 0 Å². The van der Waals surface area contributed by atoms with Crippen LogP contribution in [0, 0.1) is 0 Å². The lowest BCUT2D eigenvalue weighted by molar-refractivity contribution is 0.0994. The maximum absolute atomic E-state index is 12.7. The second-order valence-electron chi connectivity index (χ2n) is 5.93. The molecule has 1 heterocycles. The van der Waals surface area contributed by atoms with Crippen molar-refractivity contribution in [2.24, 2.45) is 7.05 Å². The average molecular weight is 402 g/mol. The summed E-state index contributed by atoms with van der Waals surface area (Å²) in [5.74, 6) is 1.46. The molecule has 0 unspecified atom stereocenters. The molecule has 0 aliphatic carbocycles. The molecule has 3 rings (SSSR count). The highest BCUT2D eigenvalue weighted by atomic mass is 35.5. The zero-order valence-electron chi connectivity index (χ0n) is 15.3. The van der Waals surface area contributed by atoms with E-state index in [-0.39, 0.29) is 11.0 Å². The number of carbonyl (C=O) groups is 1. The predicted octanol–water partition coefficient (Wildman–Crippen LogP) is 4.90. The van der Waals surface area contributed by atoms with Gasteiger partial charge in [0.1, 0.15) is 5.75 Å². The van der Waals surface area contributed by atoms with Crippen LogP contribution in [0.5, 0.6) is 5.75 Å². The molecule has 1 aromatic heterocycles. The molecule has 27 heavy (non-hydrogen) atoms. The van der Waals surface area contributed by atoms with Crippen LogP contribution in [0.15, 0.2) is 53.7 Å². The van der Waals surface area contributed by atoms with Crippen LogP contribution in [0.1, 0.15) is 24.2 Å². The zero-order chi connectivity index (χ0) is 19.4. The standard InChI is InChI=1S/C20H20ClN3O2S/c1-4-26-15-11-9-14(10-12-15)18(25)13(2)27-20-23-22-19(24(20)3)16-7-5-6-8-17(16)21/h5-13H,4H2,1-3H3/t13-/m1/s1. The largest absolute Gasteiger partial charge is 0.494 e. The molecule has 0 bridgehead atoms. The van der Waals surface area contributed by atoms with E-state index in [9.17, 15) is 4.79 Å². The smallest absolute Gasteiger partial charge is 0.191 e. The quantitative estimate of drug-likeness (QED) is 0.416. The molecule has 0 saturated carbocycles. The third-order valence-electron chi connectivity index (χ3n) is 4.05. The molecule has 0 N–H and O–H groups in total. The minimum absolute atomic E-state index is 0.0327. The van der Waals surface area contributed by atoms with E-state index in [2.05, 4.69) is 10.2 Å². The maximum atomic E-state index is 12.7. The summed E-state index contributed by atoms with van der Waals surface area (Å²) in [4.78, 5) is 12.7. The van der Waals surface area contributed by atoms with Crippen molar-refractivity contribution >= 4 is 29.1 Å². The first-order chi connectivity index (χ1) is 13.0. The summed E-state index contributed by atoms with van der Waals surface area (Å²) in [6.07, 6.45) is 0. The number of hydrogen-bond donors (Lipinski definition) is 0. The topological polar surface area (TPSA) is 57.0 Å². The average Bonchev–Trinajstić information content (AvgIpc) is 3.03. The van der Waals surface area contributed by atoms with Crippen molar-refractivity contribution in [1.82, 2.24) is 14.8 Å². The highest BCUT2D eigenvalue weighted by Crippen LogP contribution is 2.30. The van der Waals surface area contributed by atoms with Gasteiger partial charge >= 0.3 is 0 Å². The first kappa shape index (κ1) is 19.5. The number of hydrogen-bond acceptors (Lipinski definition) is 5. The summed E-state index contributed by atoms with van der Waals surface area (Å²) in [6.45, 7) is 4.39. The van der Waals surface area contributed by atoms with Crippen LogP contribution < -0.4 is 4.74 Å². The number of nitrogens with zero attached hydrogens (tertiary/aromatic N) is 3. The van der Waals surface area contributed by atoms with Gasteiger partial charge in [0.05, 0.1) is 16.9 Å². The van der Waals surface area contributed by atoms with Crippen LogP contribution in [-0.2, 0) is 7.05 Å². The Morgan fingerprint density at radius 3 is 2.56 bits per heavy atom. The van der Waals surface area contributed by atoms with Crippen LogP contribution in [0.25, 0.3) is 11.4 Å². The molecule has 3 aromatic rings. The number of rotatable bonds is 7. The number of carbonyl (C=O) groups excluding carboxylic acids is 1. The van der Waals surface area contributed by atoms with Gasteiger partial charge in [0.25, 0.3) is 0 Å². The van der Waals surface area contributed by atoms with Crippen molar-refractivity contribution in [3.63, 3.8) is 0 Å². The normalized spacial score (nSPS) is 12.0. The number of Topliss-reactive ketones (excluding diaryl/α,β-unsaturated/α-hetero) is 1. The first-order valence-corrected chi connectivity index (χ1v) is 9.85. The third-order valence-corrected chi connectivity index (χ3v) is 5.51. The summed E-state index contributed by atoms with van der Waals surface area (Å²) in [7, 11) is 1.87. The zero-order valence-corrected chi connectivity index (χ0v) is 16.9. The second-order valence-corrected chi connectivity index (χ2v) is 7.64. The highest BCUT2D eigenvalue weighted by molar-refractivity contribution is 8.00. The van der Waals surface area contributed by atoms with Crippen molar-refractivity contribution in [3.05, 3.63) is 59.1 Å². The summed E-state index contributed by atoms with van der Waals surface area (Å²) in [6, 6.07) is 14.7. The SMILES string of the molecule is CCOc1ccc(C(=O)[C@@H](C)Sc2nnc(-c3ccccc3Cl)n2C)cc1. The van der Waals surface area contributed by atoms with Gasteiger partial charge in [-0.1, -0.05) is 35.5 Å². The minimum atomic E-state index is -0.301. The Balaban J connectivity index is 1.75. The molecule has 5 nitrogen and oxygen atoms in total. The maximum Gasteiger partial charge on any atom is 0.191 e. The summed E-state index contributed by atoms with van der Waals surface area (Å²) in [5, 5.41) is 9.45. The lowest BCUT2D eigenvalue weighted by atomic mass is 10.1. The molecule has 0 saturated heterocycles. The summed E-state index contributed by atoms with van der Waals surface area (Å²) in [5.41, 5.74) is 1.46. The number of benzene rings is 2. The highest BCUT2D eigenvalue weighted by Gasteiger charge is 2.21. The molecule has 0 fully saturated rings. The Hall–Kier alpha value is -2.31. The van der Waals surface area contributed by atoms with Crippen LogP contribution in [0.4, 0.5) is 0 Å². The third kappa shape index (κ3) is 4.34. The minimum Gasteiger partial charge on any atom is -0.494 e. The van der Waals surface area contributed by atoms with Gasteiger partial charge in [-0.15, -0.1) is 10.2 Å². The summed E-state index contributed by atoms with van der Waals surface area (Å²) >= 11 is 7.63. The van der Waals surface area contributed by atoms with Crippen LogP contribution >= 0.6 is 23.4 Å². The summed E-state index contributed by atoms with van der Waals surface area (Å²) < 4.78 is 7.27. The molecule has 0 radical (unpaired) electrons. The van der Waals surface area contributed by atoms with Crippen molar-refractivity contribution in [2.75, 3.05) is 6.61 Å². The number of halogens is 1. The Bertz CT molecular complexity index is 941. The fourth-order valence-corrected chi connectivity index (χ4v) is 3.74. The van der Waals surface area contributed by atoms with E-state index in [1.54, 1.807) is 12.1 Å². The number of ether oxygens (including phenoxy) is 1. The van der Waals surface area contributed by atoms with Crippen molar-refractivity contribution in [3.8, 4) is 17.1 Å². The first-order valence-electron chi connectivity index (χ1n) is 8.59. The van der Waals surface area contributed by atoms with Gasteiger partial charge in [-0.25, -0.2) is 0 Å². The van der Waals surface area contributed by atoms with Gasteiger partial charge in [-0.05, 0) is 50.2 Å². The molecule has 1 atom stereocenters. The van der Waals surface area contributed by atoms with Crippen LogP contribution in [-0.4, -0.2) is 32.4 Å². The van der Waals surface area contributed by atoms with Gasteiger partial charge in [0.2, 0.25) is 0 Å². The van der Waals surface area contributed by atoms with E-state index >= 15 is 0 Å². The molecule has 7 heteroatoms. The van der Waals surface area contributed by atoms with Crippen LogP contribution in [0.2, 0.25) is 5.02 Å². The Kier molecular flexibility index (Phi) is 6.19. The van der Waals surface area contributed by atoms with E-state index in [1.807, 2.05) is 61.9 Å². The van der Waals surface area contributed by atoms with Crippen molar-refractivity contribution < 1.29 is 9.53 Å². The fourth-order valence-electron chi connectivity index (χ4n) is 2.62. The van der Waals surface area contributed by atoms with E-state index in [0.717, 1.165) is 11.3 Å². The number of thioether (sulfide) groups is 1. The van der Waals surface area contributed by atoms with E-state index in [1.165, 1.54) is 11.8 Å². The Labute approximate surface area is 167 Å². The van der Waals surface area contributed by atoms with Gasteiger partial charge in [0.15, 0.2) is 16.8 Å². The fraction of sp³-hybridized carbons (Fsp3) is 0.250. The Morgan fingerprint density at radius 2 is 1.89 bits per heavy atom. The number of ketones is 1. The van der Waals surface area contributed by atoms with E-state index < -0.39 is 0 Å². The lowest BCUT2D eigenvalue weighted by Crippen LogP contribution is -2.14. The Morgan fingerprint density at radius 1 is 1.19 bits per heavy atom. The number of aromatic nitrogens is 3. The molecular weight excluding hydrogens is 382 g/mol. The molecule has 2 aromatic carbocycles. The second kappa shape index (κ2) is 8.59. The molecule has 0 spiro atoms.